The third kappa shape index (κ3) is 5.83. The van der Waals surface area contributed by atoms with Gasteiger partial charge in [-0.15, -0.1) is 0 Å². The molecule has 23 heavy (non-hydrogen) atoms. The van der Waals surface area contributed by atoms with Gasteiger partial charge in [0.05, 0.1) is 0 Å². The first-order valence-corrected chi connectivity index (χ1v) is 7.77. The fourth-order valence-corrected chi connectivity index (χ4v) is 2.33. The monoisotopic (exact) mass is 316 g/mol. The number of hydrogen-bond donors (Lipinski definition) is 0. The molecule has 0 bridgehead atoms. The molecule has 3 heteroatoms. The second kappa shape index (κ2) is 7.87. The average molecular weight is 316 g/mol. The maximum atomic E-state index is 12.1. The molecule has 0 N–H and O–H groups in total. The molecule has 0 aliphatic carbocycles. The Kier molecular flexibility index (Phi) is 5.87. The van der Waals surface area contributed by atoms with Gasteiger partial charge in [-0.3, -0.25) is 0 Å². The zero-order valence-electron chi connectivity index (χ0n) is 13.1. The predicted molar refractivity (Wildman–Crippen MR) is 88.0 cm³/mol. The molecule has 0 fully saturated rings. The fraction of sp³-hybridized carbons (Fsp3) is 0.300. The lowest BCUT2D eigenvalue weighted by atomic mass is 10.0. The van der Waals surface area contributed by atoms with Crippen molar-refractivity contribution in [2.45, 2.75) is 38.8 Å². The molecule has 0 aromatic heterocycles. The molecule has 2 rings (SSSR count). The summed E-state index contributed by atoms with van der Waals surface area (Å²) in [5.41, 5.74) is 3.71. The summed E-state index contributed by atoms with van der Waals surface area (Å²) in [7, 11) is 0. The van der Waals surface area contributed by atoms with Crippen LogP contribution in [0.3, 0.4) is 0 Å². The molecule has 0 amide bonds. The van der Waals surface area contributed by atoms with Gasteiger partial charge in [-0.2, -0.15) is 13.2 Å². The van der Waals surface area contributed by atoms with Crippen molar-refractivity contribution in [1.29, 1.82) is 0 Å². The minimum absolute atomic E-state index is 0.363. The van der Waals surface area contributed by atoms with E-state index in [-0.39, 0.29) is 0 Å². The number of rotatable bonds is 5. The number of aryl methyl sites for hydroxylation is 1. The van der Waals surface area contributed by atoms with Crippen molar-refractivity contribution in [3.63, 3.8) is 0 Å². The van der Waals surface area contributed by atoms with Crippen LogP contribution in [0.15, 0.2) is 48.5 Å². The maximum Gasteiger partial charge on any atom is 0.458 e. The van der Waals surface area contributed by atoms with Crippen LogP contribution in [0.2, 0.25) is 0 Å². The molecule has 0 radical (unpaired) electrons. The SMILES string of the molecule is CCCCCc1ccc(-c2ccc(C#CC(F)(F)F)cc2)cc1. The Hall–Kier alpha value is -2.21. The first-order chi connectivity index (χ1) is 11.0. The molecular formula is C20H19F3. The first-order valence-electron chi connectivity index (χ1n) is 7.77. The third-order valence-corrected chi connectivity index (χ3v) is 3.59. The molecule has 2 aromatic rings. The van der Waals surface area contributed by atoms with Crippen molar-refractivity contribution in [2.24, 2.45) is 0 Å². The molecule has 0 aliphatic heterocycles. The summed E-state index contributed by atoms with van der Waals surface area (Å²) in [6.45, 7) is 2.19. The summed E-state index contributed by atoms with van der Waals surface area (Å²) in [4.78, 5) is 0. The molecule has 0 unspecified atom stereocenters. The molecule has 0 nitrogen and oxygen atoms in total. The molecule has 2 aromatic carbocycles. The lowest BCUT2D eigenvalue weighted by molar-refractivity contribution is -0.0696. The van der Waals surface area contributed by atoms with Crippen molar-refractivity contribution in [2.75, 3.05) is 0 Å². The van der Waals surface area contributed by atoms with Crippen molar-refractivity contribution in [1.82, 2.24) is 0 Å². The lowest BCUT2D eigenvalue weighted by Crippen LogP contribution is -2.01. The van der Waals surface area contributed by atoms with E-state index in [1.54, 1.807) is 24.3 Å². The quantitative estimate of drug-likeness (QED) is 0.469. The van der Waals surface area contributed by atoms with E-state index < -0.39 is 6.18 Å². The Balaban J connectivity index is 2.05. The van der Waals surface area contributed by atoms with E-state index >= 15 is 0 Å². The van der Waals surface area contributed by atoms with Crippen LogP contribution in [0.25, 0.3) is 11.1 Å². The summed E-state index contributed by atoms with van der Waals surface area (Å²) in [6, 6.07) is 15.2. The minimum atomic E-state index is -4.45. The Morgan fingerprint density at radius 1 is 0.826 bits per heavy atom. The van der Waals surface area contributed by atoms with Gasteiger partial charge >= 0.3 is 6.18 Å². The van der Waals surface area contributed by atoms with Crippen LogP contribution in [-0.2, 0) is 6.42 Å². The van der Waals surface area contributed by atoms with Crippen molar-refractivity contribution in [3.8, 4) is 23.0 Å². The van der Waals surface area contributed by atoms with Gasteiger partial charge in [0.2, 0.25) is 0 Å². The van der Waals surface area contributed by atoms with Gasteiger partial charge in [0.1, 0.15) is 0 Å². The minimum Gasteiger partial charge on any atom is -0.159 e. The van der Waals surface area contributed by atoms with Crippen LogP contribution in [0.4, 0.5) is 13.2 Å². The zero-order chi connectivity index (χ0) is 16.7. The number of halogens is 3. The highest BCUT2D eigenvalue weighted by Crippen LogP contribution is 2.21. The smallest absolute Gasteiger partial charge is 0.159 e. The molecule has 0 heterocycles. The van der Waals surface area contributed by atoms with Crippen LogP contribution in [0.1, 0.15) is 37.3 Å². The van der Waals surface area contributed by atoms with Crippen LogP contribution in [0.5, 0.6) is 0 Å². The third-order valence-electron chi connectivity index (χ3n) is 3.59. The average Bonchev–Trinajstić information content (AvgIpc) is 2.54. The van der Waals surface area contributed by atoms with Crippen LogP contribution >= 0.6 is 0 Å². The van der Waals surface area contributed by atoms with Crippen LogP contribution < -0.4 is 0 Å². The normalized spacial score (nSPS) is 11.0. The van der Waals surface area contributed by atoms with Gasteiger partial charge in [0, 0.05) is 11.5 Å². The molecule has 0 aliphatic rings. The highest BCUT2D eigenvalue weighted by molar-refractivity contribution is 5.64. The highest BCUT2D eigenvalue weighted by Gasteiger charge is 2.22. The van der Waals surface area contributed by atoms with Gasteiger partial charge in [0.25, 0.3) is 0 Å². The molecular weight excluding hydrogens is 297 g/mol. The Labute approximate surface area is 135 Å². The topological polar surface area (TPSA) is 0 Å². The van der Waals surface area contributed by atoms with E-state index in [0.29, 0.717) is 5.56 Å². The van der Waals surface area contributed by atoms with E-state index in [4.69, 9.17) is 0 Å². The number of alkyl halides is 3. The summed E-state index contributed by atoms with van der Waals surface area (Å²) in [5.74, 6) is 3.41. The van der Waals surface area contributed by atoms with Gasteiger partial charge in [-0.1, -0.05) is 62.1 Å². The predicted octanol–water partition coefficient (Wildman–Crippen LogP) is 6.00. The van der Waals surface area contributed by atoms with E-state index in [0.717, 1.165) is 17.5 Å². The fourth-order valence-electron chi connectivity index (χ4n) is 2.33. The Bertz CT molecular complexity index is 668. The summed E-state index contributed by atoms with van der Waals surface area (Å²) in [5, 5.41) is 0. The van der Waals surface area contributed by atoms with Crippen LogP contribution in [-0.4, -0.2) is 6.18 Å². The van der Waals surface area contributed by atoms with Gasteiger partial charge in [0.15, 0.2) is 0 Å². The van der Waals surface area contributed by atoms with Crippen molar-refractivity contribution in [3.05, 3.63) is 59.7 Å². The van der Waals surface area contributed by atoms with Crippen LogP contribution in [0, 0.1) is 11.8 Å². The van der Waals surface area contributed by atoms with Gasteiger partial charge in [-0.05, 0) is 41.7 Å². The summed E-state index contributed by atoms with van der Waals surface area (Å²) >= 11 is 0. The van der Waals surface area contributed by atoms with Crippen molar-refractivity contribution < 1.29 is 13.2 Å². The molecule has 0 saturated heterocycles. The molecule has 0 atom stereocenters. The maximum absolute atomic E-state index is 12.1. The highest BCUT2D eigenvalue weighted by atomic mass is 19.4. The Morgan fingerprint density at radius 3 is 1.91 bits per heavy atom. The molecule has 0 saturated carbocycles. The molecule has 0 spiro atoms. The van der Waals surface area contributed by atoms with E-state index in [2.05, 4.69) is 37.1 Å². The van der Waals surface area contributed by atoms with Gasteiger partial charge in [-0.25, -0.2) is 0 Å². The van der Waals surface area contributed by atoms with E-state index in [1.165, 1.54) is 30.7 Å². The molecule has 120 valence electrons. The summed E-state index contributed by atoms with van der Waals surface area (Å²) in [6.07, 6.45) is 0.276. The zero-order valence-corrected chi connectivity index (χ0v) is 13.1. The van der Waals surface area contributed by atoms with E-state index in [1.807, 2.05) is 0 Å². The lowest BCUT2D eigenvalue weighted by Gasteiger charge is -2.05. The second-order valence-electron chi connectivity index (χ2n) is 5.48. The van der Waals surface area contributed by atoms with Crippen molar-refractivity contribution >= 4 is 0 Å². The van der Waals surface area contributed by atoms with E-state index in [9.17, 15) is 13.2 Å². The number of benzene rings is 2. The standard InChI is InChI=1S/C20H19F3/c1-2-3-4-5-16-6-10-18(11-7-16)19-12-8-17(9-13-19)14-15-20(21,22)23/h6-13H,2-5H2,1H3. The second-order valence-corrected chi connectivity index (χ2v) is 5.48. The number of hydrogen-bond acceptors (Lipinski definition) is 0. The van der Waals surface area contributed by atoms with Gasteiger partial charge < -0.3 is 0 Å². The number of unbranched alkanes of at least 4 members (excludes halogenated alkanes) is 2. The summed E-state index contributed by atoms with van der Waals surface area (Å²) < 4.78 is 36.2. The Morgan fingerprint density at radius 2 is 1.39 bits per heavy atom. The largest absolute Gasteiger partial charge is 0.458 e. The first kappa shape index (κ1) is 17.1.